The van der Waals surface area contributed by atoms with Crippen molar-refractivity contribution in [1.29, 1.82) is 0 Å². The van der Waals surface area contributed by atoms with E-state index in [1.54, 1.807) is 30.0 Å². The van der Waals surface area contributed by atoms with E-state index in [0.29, 0.717) is 28.5 Å². The molecule has 12 heteroatoms. The second kappa shape index (κ2) is 7.02. The minimum Gasteiger partial charge on any atom is -0.497 e. The summed E-state index contributed by atoms with van der Waals surface area (Å²) in [6.07, 6.45) is 0. The van der Waals surface area contributed by atoms with E-state index in [1.165, 1.54) is 12.1 Å². The number of ether oxygens (including phenoxy) is 1. The van der Waals surface area contributed by atoms with Crippen molar-refractivity contribution < 1.29 is 9.66 Å². The predicted octanol–water partition coefficient (Wildman–Crippen LogP) is 2.03. The second-order valence-corrected chi connectivity index (χ2v) is 6.75. The summed E-state index contributed by atoms with van der Waals surface area (Å²) < 4.78 is 6.90. The first-order valence-electron chi connectivity index (χ1n) is 9.13. The maximum Gasteiger partial charge on any atom is 0.288 e. The number of nitro groups is 1. The average molecular weight is 418 g/mol. The van der Waals surface area contributed by atoms with Crippen LogP contribution in [0.1, 0.15) is 17.2 Å². The molecule has 1 aliphatic rings. The third kappa shape index (κ3) is 2.97. The molecule has 2 N–H and O–H groups in total. The lowest BCUT2D eigenvalue weighted by molar-refractivity contribution is -0.384. The molecule has 0 radical (unpaired) electrons. The van der Waals surface area contributed by atoms with Crippen LogP contribution in [0.5, 0.6) is 5.75 Å². The zero-order valence-corrected chi connectivity index (χ0v) is 16.0. The van der Waals surface area contributed by atoms with Gasteiger partial charge in [-0.2, -0.15) is 9.78 Å². The lowest BCUT2D eigenvalue weighted by atomic mass is 9.92. The molecular weight excluding hydrogens is 404 g/mol. The number of hydrogen-bond acceptors (Lipinski definition) is 9. The molecule has 0 unspecified atom stereocenters. The number of H-pyrrole nitrogens is 1. The number of aromatic amines is 1. The van der Waals surface area contributed by atoms with Crippen LogP contribution in [0.2, 0.25) is 0 Å². The van der Waals surface area contributed by atoms with Crippen LogP contribution in [0.25, 0.3) is 11.3 Å². The van der Waals surface area contributed by atoms with Crippen molar-refractivity contribution in [2.75, 3.05) is 12.4 Å². The highest BCUT2D eigenvalue weighted by Gasteiger charge is 2.34. The van der Waals surface area contributed by atoms with E-state index in [-0.39, 0.29) is 11.4 Å². The number of tetrazole rings is 1. The minimum atomic E-state index is -0.587. The summed E-state index contributed by atoms with van der Waals surface area (Å²) in [5.74, 6) is 0.925. The van der Waals surface area contributed by atoms with Gasteiger partial charge in [0.1, 0.15) is 17.5 Å². The van der Waals surface area contributed by atoms with Crippen molar-refractivity contribution in [2.45, 2.75) is 6.04 Å². The Morgan fingerprint density at radius 2 is 2.00 bits per heavy atom. The van der Waals surface area contributed by atoms with E-state index < -0.39 is 16.5 Å². The summed E-state index contributed by atoms with van der Waals surface area (Å²) in [6, 6.07) is 12.7. The quantitative estimate of drug-likeness (QED) is 0.329. The van der Waals surface area contributed by atoms with Gasteiger partial charge in [-0.1, -0.05) is 17.2 Å². The second-order valence-electron chi connectivity index (χ2n) is 6.75. The van der Waals surface area contributed by atoms with Crippen LogP contribution in [0.4, 0.5) is 17.3 Å². The Balaban J connectivity index is 1.77. The Morgan fingerprint density at radius 3 is 2.74 bits per heavy atom. The highest BCUT2D eigenvalue weighted by Crippen LogP contribution is 2.41. The smallest absolute Gasteiger partial charge is 0.288 e. The molecule has 1 atom stereocenters. The van der Waals surface area contributed by atoms with E-state index in [9.17, 15) is 14.9 Å². The first-order valence-corrected chi connectivity index (χ1v) is 9.13. The molecule has 0 bridgehead atoms. The Bertz CT molecular complexity index is 1360. The molecule has 0 aliphatic carbocycles. The van der Waals surface area contributed by atoms with Gasteiger partial charge in [0, 0.05) is 23.3 Å². The highest BCUT2D eigenvalue weighted by atomic mass is 16.6. The number of nitrogens with zero attached hydrogens (tertiary/aromatic N) is 6. The highest BCUT2D eigenvalue weighted by molar-refractivity contribution is 5.76. The van der Waals surface area contributed by atoms with Crippen LogP contribution in [-0.2, 0) is 0 Å². The van der Waals surface area contributed by atoms with E-state index in [1.807, 2.05) is 18.2 Å². The number of anilines is 2. The summed E-state index contributed by atoms with van der Waals surface area (Å²) >= 11 is 0. The van der Waals surface area contributed by atoms with Crippen LogP contribution in [0.15, 0.2) is 53.3 Å². The Labute approximate surface area is 173 Å². The number of nitro benzene ring substituents is 1. The van der Waals surface area contributed by atoms with Crippen molar-refractivity contribution >= 4 is 17.3 Å². The van der Waals surface area contributed by atoms with Gasteiger partial charge in [0.25, 0.3) is 11.2 Å². The van der Waals surface area contributed by atoms with Gasteiger partial charge < -0.3 is 10.1 Å². The SMILES string of the molecule is COc1cccc([C@@H]2c3c(-c4ccc([N+](=O)[O-])cc4)n[nH]c(=O)c3Nc3nnnn32)c1. The van der Waals surface area contributed by atoms with Gasteiger partial charge in [0.2, 0.25) is 5.95 Å². The first kappa shape index (κ1) is 18.4. The zero-order chi connectivity index (χ0) is 21.5. The standard InChI is InChI=1S/C19H14N8O4/c1-31-13-4-2-3-11(9-13)17-14-15(10-5-7-12(8-6-10)27(29)30)21-22-18(28)16(14)20-19-23-24-25-26(17)19/h2-9,17H,1H3,(H,22,28)(H,20,23,25)/t17-/m1/s1. The van der Waals surface area contributed by atoms with Gasteiger partial charge in [0.15, 0.2) is 0 Å². The number of rotatable bonds is 4. The number of nitrogens with one attached hydrogen (secondary N) is 2. The fraction of sp³-hybridized carbons (Fsp3) is 0.105. The van der Waals surface area contributed by atoms with Crippen molar-refractivity contribution in [3.8, 4) is 17.0 Å². The van der Waals surface area contributed by atoms with Crippen LogP contribution < -0.4 is 15.6 Å². The molecule has 0 saturated heterocycles. The molecule has 1 aliphatic heterocycles. The molecule has 5 rings (SSSR count). The van der Waals surface area contributed by atoms with E-state index in [2.05, 4.69) is 31.0 Å². The van der Waals surface area contributed by atoms with Gasteiger partial charge in [-0.3, -0.25) is 14.9 Å². The summed E-state index contributed by atoms with van der Waals surface area (Å²) in [5, 5.41) is 32.5. The van der Waals surface area contributed by atoms with Crippen molar-refractivity contribution in [3.63, 3.8) is 0 Å². The molecule has 2 aromatic carbocycles. The number of fused-ring (bicyclic) bond motifs is 2. The Kier molecular flexibility index (Phi) is 4.17. The predicted molar refractivity (Wildman–Crippen MR) is 108 cm³/mol. The summed E-state index contributed by atoms with van der Waals surface area (Å²) in [6.45, 7) is 0. The van der Waals surface area contributed by atoms with E-state index >= 15 is 0 Å². The van der Waals surface area contributed by atoms with Crippen molar-refractivity contribution in [2.24, 2.45) is 0 Å². The minimum absolute atomic E-state index is 0.0488. The maximum absolute atomic E-state index is 12.7. The fourth-order valence-corrected chi connectivity index (χ4v) is 3.62. The third-order valence-electron chi connectivity index (χ3n) is 5.03. The average Bonchev–Trinajstić information content (AvgIpc) is 3.26. The molecular formula is C19H14N8O4. The number of methoxy groups -OCH3 is 1. The third-order valence-corrected chi connectivity index (χ3v) is 5.03. The van der Waals surface area contributed by atoms with Crippen LogP contribution in [0, 0.1) is 10.1 Å². The number of benzene rings is 2. The zero-order valence-electron chi connectivity index (χ0n) is 16.0. The number of hydrogen-bond donors (Lipinski definition) is 2. The molecule has 3 heterocycles. The van der Waals surface area contributed by atoms with Crippen LogP contribution in [-0.4, -0.2) is 42.4 Å². The molecule has 0 amide bonds. The Hall–Kier alpha value is -4.61. The topological polar surface area (TPSA) is 154 Å². The molecule has 4 aromatic rings. The van der Waals surface area contributed by atoms with E-state index in [4.69, 9.17) is 4.74 Å². The van der Waals surface area contributed by atoms with Crippen molar-refractivity contribution in [1.82, 2.24) is 30.4 Å². The molecule has 12 nitrogen and oxygen atoms in total. The Morgan fingerprint density at radius 1 is 1.19 bits per heavy atom. The maximum atomic E-state index is 12.7. The van der Waals surface area contributed by atoms with E-state index in [0.717, 1.165) is 5.56 Å². The monoisotopic (exact) mass is 418 g/mol. The molecule has 154 valence electrons. The lowest BCUT2D eigenvalue weighted by Gasteiger charge is -2.28. The number of non-ortho nitro benzene ring substituents is 1. The van der Waals surface area contributed by atoms with Crippen molar-refractivity contribution in [3.05, 3.63) is 80.1 Å². The largest absolute Gasteiger partial charge is 0.497 e. The number of aromatic nitrogens is 6. The fourth-order valence-electron chi connectivity index (χ4n) is 3.62. The van der Waals surface area contributed by atoms with Gasteiger partial charge in [0.05, 0.1) is 17.7 Å². The molecule has 31 heavy (non-hydrogen) atoms. The summed E-state index contributed by atoms with van der Waals surface area (Å²) in [5.41, 5.74) is 2.08. The summed E-state index contributed by atoms with van der Waals surface area (Å²) in [7, 11) is 1.56. The van der Waals surface area contributed by atoms with Crippen LogP contribution in [0.3, 0.4) is 0 Å². The molecule has 0 saturated carbocycles. The van der Waals surface area contributed by atoms with Gasteiger partial charge in [-0.25, -0.2) is 5.10 Å². The summed E-state index contributed by atoms with van der Waals surface area (Å²) in [4.78, 5) is 23.2. The normalized spacial score (nSPS) is 14.3. The molecule has 2 aromatic heterocycles. The van der Waals surface area contributed by atoms with Gasteiger partial charge in [-0.15, -0.1) is 0 Å². The molecule has 0 spiro atoms. The van der Waals surface area contributed by atoms with Crippen LogP contribution >= 0.6 is 0 Å². The van der Waals surface area contributed by atoms with Gasteiger partial charge >= 0.3 is 0 Å². The lowest BCUT2D eigenvalue weighted by Crippen LogP contribution is -2.29. The van der Waals surface area contributed by atoms with Gasteiger partial charge in [-0.05, 0) is 40.3 Å². The molecule has 0 fully saturated rings. The first-order chi connectivity index (χ1) is 15.1.